The lowest BCUT2D eigenvalue weighted by Crippen LogP contribution is -2.54. The van der Waals surface area contributed by atoms with Crippen LogP contribution < -0.4 is 0 Å². The van der Waals surface area contributed by atoms with Gasteiger partial charge in [-0.3, -0.25) is 9.48 Å². The van der Waals surface area contributed by atoms with Crippen LogP contribution in [-0.4, -0.2) is 58.1 Å². The van der Waals surface area contributed by atoms with E-state index in [0.29, 0.717) is 32.7 Å². The Bertz CT molecular complexity index is 638. The van der Waals surface area contributed by atoms with Crippen molar-refractivity contribution in [2.24, 2.45) is 7.05 Å². The van der Waals surface area contributed by atoms with Crippen LogP contribution >= 0.6 is 0 Å². The Kier molecular flexibility index (Phi) is 4.47. The molecule has 1 amide bonds. The summed E-state index contributed by atoms with van der Waals surface area (Å²) in [4.78, 5) is 14.7. The monoisotopic (exact) mass is 335 g/mol. The lowest BCUT2D eigenvalue weighted by molar-refractivity contribution is -0.150. The second-order valence-corrected chi connectivity index (χ2v) is 7.84. The topological polar surface area (TPSA) is 56.6 Å². The molecule has 1 atom stereocenters. The standard InChI is InChI=1S/C18H29N3O3/c1-13-15(14(2)20(5)19-13)6-7-16(22)21-8-9-23-18(11-21)10-17(3,4)24-12-18/h6-12H2,1-5H3. The summed E-state index contributed by atoms with van der Waals surface area (Å²) in [6.45, 7) is 10.7. The molecule has 2 saturated heterocycles. The third-order valence-electron chi connectivity index (χ3n) is 5.32. The molecule has 1 aromatic rings. The van der Waals surface area contributed by atoms with Gasteiger partial charge in [0, 0.05) is 32.1 Å². The molecule has 1 spiro atoms. The molecule has 6 nitrogen and oxygen atoms in total. The molecule has 134 valence electrons. The Morgan fingerprint density at radius 1 is 1.29 bits per heavy atom. The molecule has 3 rings (SSSR count). The molecule has 24 heavy (non-hydrogen) atoms. The summed E-state index contributed by atoms with van der Waals surface area (Å²) in [6, 6.07) is 0. The Balaban J connectivity index is 1.61. The molecule has 0 N–H and O–H groups in total. The maximum absolute atomic E-state index is 12.7. The molecule has 2 aliphatic heterocycles. The van der Waals surface area contributed by atoms with E-state index >= 15 is 0 Å². The predicted octanol–water partition coefficient (Wildman–Crippen LogP) is 1.77. The van der Waals surface area contributed by atoms with Gasteiger partial charge < -0.3 is 14.4 Å². The lowest BCUT2D eigenvalue weighted by atomic mass is 9.92. The number of hydrogen-bond donors (Lipinski definition) is 0. The molecule has 6 heteroatoms. The summed E-state index contributed by atoms with van der Waals surface area (Å²) in [6.07, 6.45) is 2.11. The first-order chi connectivity index (χ1) is 11.2. The van der Waals surface area contributed by atoms with Gasteiger partial charge in [-0.1, -0.05) is 0 Å². The van der Waals surface area contributed by atoms with Gasteiger partial charge >= 0.3 is 0 Å². The molecule has 1 unspecified atom stereocenters. The van der Waals surface area contributed by atoms with E-state index in [1.54, 1.807) is 0 Å². The number of aromatic nitrogens is 2. The van der Waals surface area contributed by atoms with Crippen LogP contribution in [0.25, 0.3) is 0 Å². The van der Waals surface area contributed by atoms with Crippen molar-refractivity contribution in [3.8, 4) is 0 Å². The molecule has 0 saturated carbocycles. The molecule has 0 aromatic carbocycles. The number of carbonyl (C=O) groups excluding carboxylic acids is 1. The van der Waals surface area contributed by atoms with Gasteiger partial charge in [0.2, 0.25) is 5.91 Å². The number of rotatable bonds is 3. The quantitative estimate of drug-likeness (QED) is 0.845. The van der Waals surface area contributed by atoms with Crippen LogP contribution in [0.4, 0.5) is 0 Å². The number of hydrogen-bond acceptors (Lipinski definition) is 4. The SMILES string of the molecule is Cc1nn(C)c(C)c1CCC(=O)N1CCOC2(COC(C)(C)C2)C1. The highest BCUT2D eigenvalue weighted by atomic mass is 16.6. The van der Waals surface area contributed by atoms with Crippen LogP contribution in [0.2, 0.25) is 0 Å². The Morgan fingerprint density at radius 2 is 2.04 bits per heavy atom. The predicted molar refractivity (Wildman–Crippen MR) is 90.9 cm³/mol. The fourth-order valence-electron chi connectivity index (χ4n) is 4.03. The minimum Gasteiger partial charge on any atom is -0.372 e. The van der Waals surface area contributed by atoms with Gasteiger partial charge in [0.25, 0.3) is 0 Å². The van der Waals surface area contributed by atoms with Crippen molar-refractivity contribution in [3.05, 3.63) is 17.0 Å². The van der Waals surface area contributed by atoms with Gasteiger partial charge in [0.05, 0.1) is 31.1 Å². The largest absolute Gasteiger partial charge is 0.372 e. The van der Waals surface area contributed by atoms with E-state index < -0.39 is 0 Å². The van der Waals surface area contributed by atoms with E-state index in [4.69, 9.17) is 9.47 Å². The number of morpholine rings is 1. The van der Waals surface area contributed by atoms with Crippen molar-refractivity contribution in [1.82, 2.24) is 14.7 Å². The summed E-state index contributed by atoms with van der Waals surface area (Å²) in [5, 5.41) is 4.43. The fourth-order valence-corrected chi connectivity index (χ4v) is 4.03. The fraction of sp³-hybridized carbons (Fsp3) is 0.778. The van der Waals surface area contributed by atoms with E-state index in [-0.39, 0.29) is 17.1 Å². The number of aryl methyl sites for hydroxylation is 2. The van der Waals surface area contributed by atoms with Crippen LogP contribution in [0.1, 0.15) is 43.6 Å². The normalized spacial score (nSPS) is 26.3. The van der Waals surface area contributed by atoms with Crippen molar-refractivity contribution in [2.45, 2.75) is 58.2 Å². The second kappa shape index (κ2) is 6.15. The average Bonchev–Trinajstić information content (AvgIpc) is 2.93. The smallest absolute Gasteiger partial charge is 0.223 e. The zero-order valence-corrected chi connectivity index (χ0v) is 15.5. The van der Waals surface area contributed by atoms with Gasteiger partial charge in [-0.2, -0.15) is 5.10 Å². The first-order valence-corrected chi connectivity index (χ1v) is 8.76. The Morgan fingerprint density at radius 3 is 2.62 bits per heavy atom. The zero-order chi connectivity index (χ0) is 17.5. The molecular weight excluding hydrogens is 306 g/mol. The van der Waals surface area contributed by atoms with E-state index in [2.05, 4.69) is 25.9 Å². The van der Waals surface area contributed by atoms with Gasteiger partial charge in [0.1, 0.15) is 5.60 Å². The lowest BCUT2D eigenvalue weighted by Gasteiger charge is -2.40. The Hall–Kier alpha value is -1.40. The first-order valence-electron chi connectivity index (χ1n) is 8.76. The number of ether oxygens (including phenoxy) is 2. The molecule has 1 aromatic heterocycles. The number of amides is 1. The summed E-state index contributed by atoms with van der Waals surface area (Å²) in [5.74, 6) is 0.199. The first kappa shape index (κ1) is 17.4. The van der Waals surface area contributed by atoms with E-state index in [9.17, 15) is 4.79 Å². The second-order valence-electron chi connectivity index (χ2n) is 7.84. The van der Waals surface area contributed by atoms with Crippen LogP contribution in [0.15, 0.2) is 0 Å². The molecule has 0 aliphatic carbocycles. The molecule has 0 bridgehead atoms. The van der Waals surface area contributed by atoms with Gasteiger partial charge in [-0.25, -0.2) is 0 Å². The van der Waals surface area contributed by atoms with Gasteiger partial charge in [0.15, 0.2) is 0 Å². The van der Waals surface area contributed by atoms with Crippen LogP contribution in [-0.2, 0) is 27.7 Å². The number of carbonyl (C=O) groups is 1. The minimum atomic E-state index is -0.322. The minimum absolute atomic E-state index is 0.171. The van der Waals surface area contributed by atoms with E-state index in [1.807, 2.05) is 23.6 Å². The highest BCUT2D eigenvalue weighted by molar-refractivity contribution is 5.76. The van der Waals surface area contributed by atoms with Crippen LogP contribution in [0.3, 0.4) is 0 Å². The summed E-state index contributed by atoms with van der Waals surface area (Å²) in [5.41, 5.74) is 2.86. The molecule has 0 radical (unpaired) electrons. The number of nitrogens with zero attached hydrogens (tertiary/aromatic N) is 3. The van der Waals surface area contributed by atoms with Crippen molar-refractivity contribution >= 4 is 5.91 Å². The summed E-state index contributed by atoms with van der Waals surface area (Å²) in [7, 11) is 1.95. The summed E-state index contributed by atoms with van der Waals surface area (Å²) >= 11 is 0. The highest BCUT2D eigenvalue weighted by Crippen LogP contribution is 2.37. The van der Waals surface area contributed by atoms with Gasteiger partial charge in [-0.15, -0.1) is 0 Å². The van der Waals surface area contributed by atoms with E-state index in [1.165, 1.54) is 5.56 Å². The van der Waals surface area contributed by atoms with Crippen LogP contribution in [0, 0.1) is 13.8 Å². The van der Waals surface area contributed by atoms with E-state index in [0.717, 1.165) is 24.2 Å². The van der Waals surface area contributed by atoms with Crippen molar-refractivity contribution < 1.29 is 14.3 Å². The molecule has 2 aliphatic rings. The van der Waals surface area contributed by atoms with Crippen molar-refractivity contribution in [3.63, 3.8) is 0 Å². The van der Waals surface area contributed by atoms with Crippen molar-refractivity contribution in [1.29, 1.82) is 0 Å². The average molecular weight is 335 g/mol. The maximum atomic E-state index is 12.7. The maximum Gasteiger partial charge on any atom is 0.223 e. The molecule has 3 heterocycles. The zero-order valence-electron chi connectivity index (χ0n) is 15.5. The van der Waals surface area contributed by atoms with Crippen LogP contribution in [0.5, 0.6) is 0 Å². The highest BCUT2D eigenvalue weighted by Gasteiger charge is 2.48. The van der Waals surface area contributed by atoms with Crippen molar-refractivity contribution in [2.75, 3.05) is 26.3 Å². The third-order valence-corrected chi connectivity index (χ3v) is 5.32. The molecule has 2 fully saturated rings. The Labute approximate surface area is 144 Å². The third kappa shape index (κ3) is 3.35. The van der Waals surface area contributed by atoms with Gasteiger partial charge in [-0.05, 0) is 39.7 Å². The summed E-state index contributed by atoms with van der Waals surface area (Å²) < 4.78 is 13.8. The molecular formula is C18H29N3O3.